The summed E-state index contributed by atoms with van der Waals surface area (Å²) in [5, 5.41) is 21.5. The second-order valence-corrected chi connectivity index (χ2v) is 4.08. The number of benzene rings is 1. The molecule has 0 unspecified atom stereocenters. The van der Waals surface area contributed by atoms with Gasteiger partial charge in [-0.15, -0.1) is 0 Å². The summed E-state index contributed by atoms with van der Waals surface area (Å²) in [6, 6.07) is 7.20. The van der Waals surface area contributed by atoms with Crippen LogP contribution in [0.5, 0.6) is 5.75 Å². The maximum absolute atomic E-state index is 9.12. The van der Waals surface area contributed by atoms with Crippen molar-refractivity contribution >= 4 is 0 Å². The van der Waals surface area contributed by atoms with Gasteiger partial charge in [-0.2, -0.15) is 0 Å². The molecule has 0 aliphatic heterocycles. The Morgan fingerprint density at radius 1 is 1.20 bits per heavy atom. The Morgan fingerprint density at radius 2 is 1.80 bits per heavy atom. The molecular formula is C12H19NO2. The van der Waals surface area contributed by atoms with Crippen LogP contribution in [0.2, 0.25) is 0 Å². The normalized spacial score (nSPS) is 13.1. The summed E-state index contributed by atoms with van der Waals surface area (Å²) in [6.07, 6.45) is 0. The van der Waals surface area contributed by atoms with Crippen LogP contribution >= 0.6 is 0 Å². The largest absolute Gasteiger partial charge is 0.508 e. The highest BCUT2D eigenvalue weighted by Gasteiger charge is 2.10. The number of rotatable bonds is 5. The third-order valence-corrected chi connectivity index (χ3v) is 2.51. The third-order valence-electron chi connectivity index (χ3n) is 2.51. The fraction of sp³-hybridized carbons (Fsp3) is 0.500. The number of aliphatic hydroxyl groups is 1. The minimum absolute atomic E-state index is 0.124. The Hall–Kier alpha value is -1.06. The van der Waals surface area contributed by atoms with Gasteiger partial charge in [-0.25, -0.2) is 0 Å². The van der Waals surface area contributed by atoms with Gasteiger partial charge in [-0.05, 0) is 23.6 Å². The lowest BCUT2D eigenvalue weighted by Crippen LogP contribution is -2.36. The molecule has 0 spiro atoms. The molecule has 0 aromatic heterocycles. The topological polar surface area (TPSA) is 52.5 Å². The van der Waals surface area contributed by atoms with E-state index in [2.05, 4.69) is 19.2 Å². The lowest BCUT2D eigenvalue weighted by Gasteiger charge is -2.19. The molecule has 0 fully saturated rings. The Kier molecular flexibility index (Phi) is 4.59. The van der Waals surface area contributed by atoms with Gasteiger partial charge in [0.15, 0.2) is 0 Å². The van der Waals surface area contributed by atoms with Crippen molar-refractivity contribution in [1.29, 1.82) is 0 Å². The lowest BCUT2D eigenvalue weighted by molar-refractivity contribution is 0.210. The first kappa shape index (κ1) is 12.0. The maximum Gasteiger partial charge on any atom is 0.115 e. The van der Waals surface area contributed by atoms with Crippen LogP contribution < -0.4 is 5.32 Å². The van der Waals surface area contributed by atoms with Crippen molar-refractivity contribution in [3.8, 4) is 5.75 Å². The van der Waals surface area contributed by atoms with Crippen LogP contribution in [0.15, 0.2) is 24.3 Å². The van der Waals surface area contributed by atoms with Gasteiger partial charge in [0.05, 0.1) is 6.61 Å². The monoisotopic (exact) mass is 209 g/mol. The van der Waals surface area contributed by atoms with E-state index in [1.165, 1.54) is 0 Å². The molecule has 0 bridgehead atoms. The first-order valence-electron chi connectivity index (χ1n) is 5.25. The van der Waals surface area contributed by atoms with E-state index >= 15 is 0 Å². The predicted octanol–water partition coefficient (Wildman–Crippen LogP) is 1.50. The van der Waals surface area contributed by atoms with E-state index in [1.54, 1.807) is 12.1 Å². The van der Waals surface area contributed by atoms with Crippen molar-refractivity contribution in [3.05, 3.63) is 29.8 Å². The Morgan fingerprint density at radius 3 is 2.27 bits per heavy atom. The molecule has 1 atom stereocenters. The molecule has 15 heavy (non-hydrogen) atoms. The summed E-state index contributed by atoms with van der Waals surface area (Å²) in [6.45, 7) is 5.01. The van der Waals surface area contributed by atoms with E-state index in [4.69, 9.17) is 10.2 Å². The highest BCUT2D eigenvalue weighted by molar-refractivity contribution is 5.25. The van der Waals surface area contributed by atoms with Crippen molar-refractivity contribution < 1.29 is 10.2 Å². The molecule has 0 saturated carbocycles. The highest BCUT2D eigenvalue weighted by atomic mass is 16.3. The highest BCUT2D eigenvalue weighted by Crippen LogP contribution is 2.10. The average molecular weight is 209 g/mol. The average Bonchev–Trinajstić information content (AvgIpc) is 2.21. The SMILES string of the molecule is CC(C)[C@@H](CO)NCc1ccc(O)cc1. The number of aliphatic hydroxyl groups excluding tert-OH is 1. The summed E-state index contributed by atoms with van der Waals surface area (Å²) in [5.74, 6) is 0.688. The zero-order valence-electron chi connectivity index (χ0n) is 9.27. The molecule has 1 rings (SSSR count). The van der Waals surface area contributed by atoms with E-state index in [-0.39, 0.29) is 18.4 Å². The minimum Gasteiger partial charge on any atom is -0.508 e. The lowest BCUT2D eigenvalue weighted by atomic mass is 10.1. The molecule has 0 radical (unpaired) electrons. The number of hydrogen-bond acceptors (Lipinski definition) is 3. The van der Waals surface area contributed by atoms with E-state index in [9.17, 15) is 0 Å². The van der Waals surface area contributed by atoms with E-state index in [0.29, 0.717) is 12.5 Å². The molecule has 0 aliphatic carbocycles. The number of hydrogen-bond donors (Lipinski definition) is 3. The van der Waals surface area contributed by atoms with Crippen molar-refractivity contribution in [2.24, 2.45) is 5.92 Å². The smallest absolute Gasteiger partial charge is 0.115 e. The molecule has 0 saturated heterocycles. The van der Waals surface area contributed by atoms with E-state index < -0.39 is 0 Å². The molecule has 1 aromatic carbocycles. The van der Waals surface area contributed by atoms with Crippen LogP contribution in [0.4, 0.5) is 0 Å². The second kappa shape index (κ2) is 5.73. The van der Waals surface area contributed by atoms with Crippen LogP contribution in [0.3, 0.4) is 0 Å². The van der Waals surface area contributed by atoms with Crippen molar-refractivity contribution in [1.82, 2.24) is 5.32 Å². The Balaban J connectivity index is 2.45. The van der Waals surface area contributed by atoms with Gasteiger partial charge in [0.1, 0.15) is 5.75 Å². The van der Waals surface area contributed by atoms with Gasteiger partial charge < -0.3 is 15.5 Å². The summed E-state index contributed by atoms with van der Waals surface area (Å²) in [4.78, 5) is 0. The third kappa shape index (κ3) is 3.90. The maximum atomic E-state index is 9.12. The molecule has 1 aromatic rings. The fourth-order valence-electron chi connectivity index (χ4n) is 1.37. The summed E-state index contributed by atoms with van der Waals surface area (Å²) < 4.78 is 0. The molecule has 0 heterocycles. The number of phenolic OH excluding ortho intramolecular Hbond substituents is 1. The van der Waals surface area contributed by atoms with E-state index in [0.717, 1.165) is 5.56 Å². The van der Waals surface area contributed by atoms with Crippen molar-refractivity contribution in [3.63, 3.8) is 0 Å². The summed E-state index contributed by atoms with van der Waals surface area (Å²) in [7, 11) is 0. The summed E-state index contributed by atoms with van der Waals surface area (Å²) in [5.41, 5.74) is 1.10. The van der Waals surface area contributed by atoms with Gasteiger partial charge >= 0.3 is 0 Å². The second-order valence-electron chi connectivity index (χ2n) is 4.08. The molecule has 0 aliphatic rings. The number of aromatic hydroxyl groups is 1. The first-order chi connectivity index (χ1) is 7.13. The molecule has 3 N–H and O–H groups in total. The Bertz CT molecular complexity index is 282. The van der Waals surface area contributed by atoms with Crippen LogP contribution in [-0.4, -0.2) is 22.9 Å². The fourth-order valence-corrected chi connectivity index (χ4v) is 1.37. The van der Waals surface area contributed by atoms with Crippen molar-refractivity contribution in [2.75, 3.05) is 6.61 Å². The molecular weight excluding hydrogens is 190 g/mol. The summed E-state index contributed by atoms with van der Waals surface area (Å²) >= 11 is 0. The molecule has 3 heteroatoms. The van der Waals surface area contributed by atoms with Crippen molar-refractivity contribution in [2.45, 2.75) is 26.4 Å². The minimum atomic E-state index is 0.124. The van der Waals surface area contributed by atoms with Crippen LogP contribution in [-0.2, 0) is 6.54 Å². The van der Waals surface area contributed by atoms with Gasteiger partial charge in [0.2, 0.25) is 0 Å². The first-order valence-corrected chi connectivity index (χ1v) is 5.25. The number of nitrogens with one attached hydrogen (secondary N) is 1. The number of phenols is 1. The zero-order valence-corrected chi connectivity index (χ0v) is 9.27. The zero-order chi connectivity index (χ0) is 11.3. The predicted molar refractivity (Wildman–Crippen MR) is 60.7 cm³/mol. The Labute approximate surface area is 90.8 Å². The van der Waals surface area contributed by atoms with Gasteiger partial charge in [0.25, 0.3) is 0 Å². The van der Waals surface area contributed by atoms with Gasteiger partial charge in [-0.3, -0.25) is 0 Å². The van der Waals surface area contributed by atoms with Gasteiger partial charge in [0, 0.05) is 12.6 Å². The van der Waals surface area contributed by atoms with Crippen LogP contribution in [0.25, 0.3) is 0 Å². The van der Waals surface area contributed by atoms with Crippen LogP contribution in [0.1, 0.15) is 19.4 Å². The van der Waals surface area contributed by atoms with Crippen LogP contribution in [0, 0.1) is 5.92 Å². The standard InChI is InChI=1S/C12H19NO2/c1-9(2)12(8-14)13-7-10-3-5-11(15)6-4-10/h3-6,9,12-15H,7-8H2,1-2H3/t12-/m1/s1. The molecule has 84 valence electrons. The molecule has 3 nitrogen and oxygen atoms in total. The quantitative estimate of drug-likeness (QED) is 0.689. The van der Waals surface area contributed by atoms with Gasteiger partial charge in [-0.1, -0.05) is 26.0 Å². The van der Waals surface area contributed by atoms with E-state index in [1.807, 2.05) is 12.1 Å². The molecule has 0 amide bonds.